The van der Waals surface area contributed by atoms with Crippen LogP contribution in [0.4, 0.5) is 5.69 Å². The number of hydrogen-bond acceptors (Lipinski definition) is 7. The Morgan fingerprint density at radius 2 is 1.62 bits per heavy atom. The van der Waals surface area contributed by atoms with E-state index in [-0.39, 0.29) is 22.8 Å². The van der Waals surface area contributed by atoms with Crippen LogP contribution in [0.5, 0.6) is 0 Å². The molecule has 148 valence electrons. The van der Waals surface area contributed by atoms with Crippen LogP contribution in [0.2, 0.25) is 0 Å². The van der Waals surface area contributed by atoms with Gasteiger partial charge in [0.25, 0.3) is 0 Å². The highest BCUT2D eigenvalue weighted by Gasteiger charge is 2.15. The normalized spacial score (nSPS) is 10.4. The number of nitrogens with zero attached hydrogens (tertiary/aromatic N) is 1. The number of benzene rings is 2. The summed E-state index contributed by atoms with van der Waals surface area (Å²) in [5, 5.41) is 3.70. The largest absolute Gasteiger partial charge is 0.465 e. The Kier molecular flexibility index (Phi) is 6.46. The SMILES string of the molecule is COC(=O)c1cc(NC(=O)CSc2cccc3cccnc23)cc(C(=O)OC)c1. The molecule has 0 atom stereocenters. The lowest BCUT2D eigenvalue weighted by molar-refractivity contribution is -0.113. The van der Waals surface area contributed by atoms with Gasteiger partial charge in [-0.25, -0.2) is 9.59 Å². The molecule has 0 saturated heterocycles. The van der Waals surface area contributed by atoms with Gasteiger partial charge >= 0.3 is 11.9 Å². The first-order valence-electron chi connectivity index (χ1n) is 8.60. The van der Waals surface area contributed by atoms with Crippen molar-refractivity contribution in [3.05, 3.63) is 65.9 Å². The predicted octanol–water partition coefficient (Wildman–Crippen LogP) is 3.54. The average Bonchev–Trinajstić information content (AvgIpc) is 2.76. The number of nitrogens with one attached hydrogen (secondary N) is 1. The van der Waals surface area contributed by atoms with E-state index in [9.17, 15) is 14.4 Å². The number of aromatic nitrogens is 1. The summed E-state index contributed by atoms with van der Waals surface area (Å²) in [7, 11) is 2.47. The van der Waals surface area contributed by atoms with Crippen molar-refractivity contribution in [2.24, 2.45) is 0 Å². The van der Waals surface area contributed by atoms with Gasteiger partial charge in [-0.3, -0.25) is 9.78 Å². The van der Waals surface area contributed by atoms with Crippen LogP contribution in [0, 0.1) is 0 Å². The number of rotatable bonds is 6. The van der Waals surface area contributed by atoms with Crippen molar-refractivity contribution >= 4 is 46.2 Å². The van der Waals surface area contributed by atoms with Crippen molar-refractivity contribution < 1.29 is 23.9 Å². The van der Waals surface area contributed by atoms with Crippen molar-refractivity contribution in [1.29, 1.82) is 0 Å². The van der Waals surface area contributed by atoms with Crippen molar-refractivity contribution in [3.8, 4) is 0 Å². The van der Waals surface area contributed by atoms with Crippen LogP contribution < -0.4 is 5.32 Å². The smallest absolute Gasteiger partial charge is 0.337 e. The molecule has 0 saturated carbocycles. The summed E-state index contributed by atoms with van der Waals surface area (Å²) in [6, 6.07) is 13.8. The van der Waals surface area contributed by atoms with E-state index in [4.69, 9.17) is 9.47 Å². The highest BCUT2D eigenvalue weighted by molar-refractivity contribution is 8.00. The molecule has 8 heteroatoms. The zero-order valence-corrected chi connectivity index (χ0v) is 16.6. The van der Waals surface area contributed by atoms with E-state index >= 15 is 0 Å². The first-order valence-corrected chi connectivity index (χ1v) is 9.58. The molecule has 0 aliphatic carbocycles. The summed E-state index contributed by atoms with van der Waals surface area (Å²) in [4.78, 5) is 41.4. The maximum absolute atomic E-state index is 12.4. The molecule has 0 aliphatic heterocycles. The number of esters is 2. The third kappa shape index (κ3) is 4.91. The fraction of sp³-hybridized carbons (Fsp3) is 0.143. The Hall–Kier alpha value is -3.39. The molecule has 0 spiro atoms. The second-order valence-corrected chi connectivity index (χ2v) is 6.97. The molecule has 29 heavy (non-hydrogen) atoms. The summed E-state index contributed by atoms with van der Waals surface area (Å²) < 4.78 is 9.39. The number of ether oxygens (including phenoxy) is 2. The maximum atomic E-state index is 12.4. The fourth-order valence-electron chi connectivity index (χ4n) is 2.70. The van der Waals surface area contributed by atoms with E-state index in [1.807, 2.05) is 30.3 Å². The molecule has 1 aromatic heterocycles. The topological polar surface area (TPSA) is 94.6 Å². The summed E-state index contributed by atoms with van der Waals surface area (Å²) >= 11 is 1.35. The van der Waals surface area contributed by atoms with E-state index in [1.54, 1.807) is 6.20 Å². The number of methoxy groups -OCH3 is 2. The van der Waals surface area contributed by atoms with E-state index in [0.717, 1.165) is 15.8 Å². The quantitative estimate of drug-likeness (QED) is 0.491. The molecule has 3 rings (SSSR count). The number of para-hydroxylation sites is 1. The van der Waals surface area contributed by atoms with Crippen molar-refractivity contribution in [3.63, 3.8) is 0 Å². The predicted molar refractivity (Wildman–Crippen MR) is 110 cm³/mol. The molecule has 0 fully saturated rings. The fourth-order valence-corrected chi connectivity index (χ4v) is 3.55. The number of hydrogen-bond donors (Lipinski definition) is 1. The van der Waals surface area contributed by atoms with E-state index < -0.39 is 11.9 Å². The summed E-state index contributed by atoms with van der Waals surface area (Å²) in [6.07, 6.45) is 1.71. The molecule has 0 aliphatic rings. The van der Waals surface area contributed by atoms with Crippen LogP contribution in [0.25, 0.3) is 10.9 Å². The average molecular weight is 410 g/mol. The van der Waals surface area contributed by atoms with Gasteiger partial charge in [0.15, 0.2) is 0 Å². The maximum Gasteiger partial charge on any atom is 0.337 e. The standard InChI is InChI=1S/C21H18N2O5S/c1-27-20(25)14-9-15(21(26)28-2)11-16(10-14)23-18(24)12-29-17-7-3-5-13-6-4-8-22-19(13)17/h3-11H,12H2,1-2H3,(H,23,24). The molecule has 0 unspecified atom stereocenters. The number of thioether (sulfide) groups is 1. The monoisotopic (exact) mass is 410 g/mol. The zero-order valence-electron chi connectivity index (χ0n) is 15.8. The summed E-state index contributed by atoms with van der Waals surface area (Å²) in [6.45, 7) is 0. The number of fused-ring (bicyclic) bond motifs is 1. The number of carbonyl (C=O) groups is 3. The minimum Gasteiger partial charge on any atom is -0.465 e. The Morgan fingerprint density at radius 3 is 2.28 bits per heavy atom. The number of anilines is 1. The van der Waals surface area contributed by atoms with Crippen molar-refractivity contribution in [2.45, 2.75) is 4.90 Å². The molecule has 1 N–H and O–H groups in total. The van der Waals surface area contributed by atoms with Crippen molar-refractivity contribution in [1.82, 2.24) is 4.98 Å². The third-order valence-corrected chi connectivity index (χ3v) is 5.06. The molecule has 7 nitrogen and oxygen atoms in total. The summed E-state index contributed by atoms with van der Waals surface area (Å²) in [5.74, 6) is -1.41. The third-order valence-electron chi connectivity index (χ3n) is 4.01. The first-order chi connectivity index (χ1) is 14.0. The van der Waals surface area contributed by atoms with Crippen LogP contribution in [-0.2, 0) is 14.3 Å². The van der Waals surface area contributed by atoms with Gasteiger partial charge < -0.3 is 14.8 Å². The van der Waals surface area contributed by atoms with Crippen LogP contribution in [0.15, 0.2) is 59.6 Å². The van der Waals surface area contributed by atoms with Gasteiger partial charge in [-0.15, -0.1) is 11.8 Å². The lowest BCUT2D eigenvalue weighted by Gasteiger charge is -2.10. The molecule has 1 heterocycles. The Labute approximate surface area is 171 Å². The van der Waals surface area contributed by atoms with Gasteiger partial charge in [-0.1, -0.05) is 18.2 Å². The van der Waals surface area contributed by atoms with Gasteiger partial charge in [-0.2, -0.15) is 0 Å². The number of pyridine rings is 1. The Morgan fingerprint density at radius 1 is 0.966 bits per heavy atom. The van der Waals surface area contributed by atoms with Crippen LogP contribution in [0.1, 0.15) is 20.7 Å². The summed E-state index contributed by atoms with van der Waals surface area (Å²) in [5.41, 5.74) is 1.40. The highest BCUT2D eigenvalue weighted by atomic mass is 32.2. The molecule has 0 bridgehead atoms. The molecular weight excluding hydrogens is 392 g/mol. The first kappa shape index (κ1) is 20.3. The van der Waals surface area contributed by atoms with E-state index in [2.05, 4.69) is 10.3 Å². The second kappa shape index (κ2) is 9.20. The minimum atomic E-state index is -0.623. The van der Waals surface area contributed by atoms with Crippen LogP contribution >= 0.6 is 11.8 Å². The van der Waals surface area contributed by atoms with Crippen LogP contribution in [0.3, 0.4) is 0 Å². The molecular formula is C21H18N2O5S. The van der Waals surface area contributed by atoms with Gasteiger partial charge in [0.2, 0.25) is 5.91 Å². The number of amides is 1. The number of carbonyl (C=O) groups excluding carboxylic acids is 3. The van der Waals surface area contributed by atoms with Gasteiger partial charge in [0.05, 0.1) is 36.6 Å². The molecule has 0 radical (unpaired) electrons. The van der Waals surface area contributed by atoms with Crippen molar-refractivity contribution in [2.75, 3.05) is 25.3 Å². The molecule has 2 aromatic carbocycles. The van der Waals surface area contributed by atoms with Gasteiger partial charge in [-0.05, 0) is 30.3 Å². The zero-order chi connectivity index (χ0) is 20.8. The Bertz CT molecular complexity index is 1040. The van der Waals surface area contributed by atoms with Gasteiger partial charge in [0.1, 0.15) is 0 Å². The minimum absolute atomic E-state index is 0.131. The van der Waals surface area contributed by atoms with Crippen LogP contribution in [-0.4, -0.2) is 42.8 Å². The molecule has 3 aromatic rings. The molecule has 1 amide bonds. The Balaban J connectivity index is 1.76. The lowest BCUT2D eigenvalue weighted by atomic mass is 10.1. The van der Waals surface area contributed by atoms with E-state index in [0.29, 0.717) is 5.69 Å². The van der Waals surface area contributed by atoms with E-state index in [1.165, 1.54) is 44.2 Å². The van der Waals surface area contributed by atoms with Gasteiger partial charge in [0, 0.05) is 22.2 Å². The lowest BCUT2D eigenvalue weighted by Crippen LogP contribution is -2.16. The highest BCUT2D eigenvalue weighted by Crippen LogP contribution is 2.26. The second-order valence-electron chi connectivity index (χ2n) is 5.95.